The van der Waals surface area contributed by atoms with Gasteiger partial charge in [-0.2, -0.15) is 0 Å². The van der Waals surface area contributed by atoms with Crippen molar-refractivity contribution in [3.63, 3.8) is 0 Å². The Balaban J connectivity index is 0.00000441. The molecule has 0 unspecified atom stereocenters. The molecule has 22 heavy (non-hydrogen) atoms. The zero-order valence-electron chi connectivity index (χ0n) is 13.7. The molecule has 5 heteroatoms. The van der Waals surface area contributed by atoms with Gasteiger partial charge in [0.1, 0.15) is 12.4 Å². The number of halogens is 1. The van der Waals surface area contributed by atoms with E-state index in [-0.39, 0.29) is 18.3 Å². The van der Waals surface area contributed by atoms with Crippen LogP contribution in [0, 0.1) is 6.92 Å². The van der Waals surface area contributed by atoms with Crippen molar-refractivity contribution in [1.82, 2.24) is 4.90 Å². The number of amides is 1. The maximum atomic E-state index is 11.9. The molecule has 0 aliphatic rings. The van der Waals surface area contributed by atoms with Crippen molar-refractivity contribution in [2.24, 2.45) is 5.73 Å². The van der Waals surface area contributed by atoms with E-state index in [4.69, 9.17) is 10.5 Å². The molecular weight excluding hydrogens is 300 g/mol. The normalized spacial score (nSPS) is 9.95. The molecule has 0 radical (unpaired) electrons. The molecule has 1 aromatic carbocycles. The van der Waals surface area contributed by atoms with Crippen molar-refractivity contribution in [3.8, 4) is 5.75 Å². The van der Waals surface area contributed by atoms with Crippen LogP contribution < -0.4 is 10.5 Å². The molecule has 0 aromatic heterocycles. The summed E-state index contributed by atoms with van der Waals surface area (Å²) in [5, 5.41) is 0. The lowest BCUT2D eigenvalue weighted by atomic mass is 10.1. The van der Waals surface area contributed by atoms with Gasteiger partial charge in [-0.1, -0.05) is 31.0 Å². The van der Waals surface area contributed by atoms with Gasteiger partial charge in [0.25, 0.3) is 0 Å². The lowest BCUT2D eigenvalue weighted by molar-refractivity contribution is -0.130. The summed E-state index contributed by atoms with van der Waals surface area (Å²) in [5.74, 6) is 1.08. The number of benzene rings is 1. The Morgan fingerprint density at radius 2 is 1.86 bits per heavy atom. The fraction of sp³-hybridized carbons (Fsp3) is 0.588. The molecule has 1 amide bonds. The highest BCUT2D eigenvalue weighted by Gasteiger charge is 2.08. The average Bonchev–Trinajstić information content (AvgIpc) is 2.48. The first-order valence-corrected chi connectivity index (χ1v) is 7.77. The first-order valence-electron chi connectivity index (χ1n) is 7.77. The predicted octanol–water partition coefficient (Wildman–Crippen LogP) is 3.16. The Bertz CT molecular complexity index is 427. The monoisotopic (exact) mass is 328 g/mol. The van der Waals surface area contributed by atoms with Crippen LogP contribution in [0.15, 0.2) is 24.3 Å². The van der Waals surface area contributed by atoms with Crippen LogP contribution in [0.4, 0.5) is 0 Å². The number of unbranched alkanes of at least 4 members (excludes halogenated alkanes) is 3. The third kappa shape index (κ3) is 8.25. The van der Waals surface area contributed by atoms with Gasteiger partial charge in [0, 0.05) is 13.5 Å². The number of nitrogens with two attached hydrogens (primary N) is 1. The van der Waals surface area contributed by atoms with Gasteiger partial charge in [-0.3, -0.25) is 4.79 Å². The van der Waals surface area contributed by atoms with E-state index < -0.39 is 0 Å². The van der Waals surface area contributed by atoms with E-state index >= 15 is 0 Å². The van der Waals surface area contributed by atoms with E-state index in [9.17, 15) is 4.79 Å². The number of carbonyl (C=O) groups excluding carboxylic acids is 1. The van der Waals surface area contributed by atoms with Crippen LogP contribution in [0.2, 0.25) is 0 Å². The number of aryl methyl sites for hydroxylation is 1. The maximum absolute atomic E-state index is 11.9. The molecule has 0 aliphatic carbocycles. The Morgan fingerprint density at radius 3 is 2.55 bits per heavy atom. The summed E-state index contributed by atoms with van der Waals surface area (Å²) in [6.45, 7) is 3.91. The van der Waals surface area contributed by atoms with Crippen molar-refractivity contribution in [2.75, 3.05) is 26.7 Å². The molecule has 0 heterocycles. The molecule has 0 spiro atoms. The minimum atomic E-state index is 0. The van der Waals surface area contributed by atoms with Crippen LogP contribution in [0.5, 0.6) is 5.75 Å². The molecule has 0 saturated heterocycles. The molecular formula is C17H29ClN2O2. The standard InChI is InChI=1S/C17H28N2O2.ClH/c1-15-9-6-7-10-16(15)21-14-13-19(2)17(20)11-5-3-4-8-12-18;/h6-7,9-10H,3-5,8,11-14,18H2,1-2H3;1H. The molecule has 2 N–H and O–H groups in total. The van der Waals surface area contributed by atoms with E-state index in [0.717, 1.165) is 43.5 Å². The predicted molar refractivity (Wildman–Crippen MR) is 93.7 cm³/mol. The van der Waals surface area contributed by atoms with E-state index in [0.29, 0.717) is 19.6 Å². The van der Waals surface area contributed by atoms with Crippen LogP contribution in [0.3, 0.4) is 0 Å². The van der Waals surface area contributed by atoms with Gasteiger partial charge in [0.05, 0.1) is 6.54 Å². The summed E-state index contributed by atoms with van der Waals surface area (Å²) in [7, 11) is 1.84. The molecule has 0 bridgehead atoms. The number of hydrogen-bond acceptors (Lipinski definition) is 3. The second kappa shape index (κ2) is 12.3. The highest BCUT2D eigenvalue weighted by Crippen LogP contribution is 2.15. The number of hydrogen-bond donors (Lipinski definition) is 1. The SMILES string of the molecule is Cc1ccccc1OCCN(C)C(=O)CCCCCCN.Cl. The lowest BCUT2D eigenvalue weighted by Crippen LogP contribution is -2.30. The first kappa shape index (κ1) is 20.7. The van der Waals surface area contributed by atoms with Crippen LogP contribution in [-0.4, -0.2) is 37.6 Å². The van der Waals surface area contributed by atoms with E-state index in [1.165, 1.54) is 0 Å². The number of nitrogens with zero attached hydrogens (tertiary/aromatic N) is 1. The van der Waals surface area contributed by atoms with Crippen LogP contribution in [0.25, 0.3) is 0 Å². The largest absolute Gasteiger partial charge is 0.491 e. The minimum absolute atomic E-state index is 0. The molecule has 0 atom stereocenters. The third-order valence-corrected chi connectivity index (χ3v) is 3.55. The van der Waals surface area contributed by atoms with E-state index in [2.05, 4.69) is 0 Å². The fourth-order valence-corrected chi connectivity index (χ4v) is 2.10. The Kier molecular flexibility index (Phi) is 11.6. The molecule has 1 aromatic rings. The number of rotatable bonds is 10. The summed E-state index contributed by atoms with van der Waals surface area (Å²) in [6, 6.07) is 7.92. The highest BCUT2D eigenvalue weighted by molar-refractivity contribution is 5.85. The molecule has 0 saturated carbocycles. The van der Waals surface area contributed by atoms with Gasteiger partial charge in [0.15, 0.2) is 0 Å². The number of ether oxygens (including phenoxy) is 1. The maximum Gasteiger partial charge on any atom is 0.222 e. The molecule has 0 aliphatic heterocycles. The zero-order chi connectivity index (χ0) is 15.5. The quantitative estimate of drug-likeness (QED) is 0.671. The van der Waals surface area contributed by atoms with Crippen LogP contribution in [0.1, 0.15) is 37.7 Å². The van der Waals surface area contributed by atoms with E-state index in [1.54, 1.807) is 4.90 Å². The summed E-state index contributed by atoms with van der Waals surface area (Å²) < 4.78 is 5.71. The smallest absolute Gasteiger partial charge is 0.222 e. The first-order chi connectivity index (χ1) is 10.1. The van der Waals surface area contributed by atoms with Gasteiger partial charge < -0.3 is 15.4 Å². The second-order valence-electron chi connectivity index (χ2n) is 5.38. The van der Waals surface area contributed by atoms with Crippen molar-refractivity contribution in [2.45, 2.75) is 39.0 Å². The number of likely N-dealkylation sites (N-methyl/N-ethyl adjacent to an activating group) is 1. The average molecular weight is 329 g/mol. The Morgan fingerprint density at radius 1 is 1.18 bits per heavy atom. The summed E-state index contributed by atoms with van der Waals surface area (Å²) in [6.07, 6.45) is 4.81. The summed E-state index contributed by atoms with van der Waals surface area (Å²) in [4.78, 5) is 13.7. The minimum Gasteiger partial charge on any atom is -0.491 e. The van der Waals surface area contributed by atoms with Gasteiger partial charge in [0.2, 0.25) is 5.91 Å². The summed E-state index contributed by atoms with van der Waals surface area (Å²) in [5.41, 5.74) is 6.56. The van der Waals surface area contributed by atoms with Crippen molar-refractivity contribution in [3.05, 3.63) is 29.8 Å². The Hall–Kier alpha value is -1.26. The fourth-order valence-electron chi connectivity index (χ4n) is 2.10. The van der Waals surface area contributed by atoms with E-state index in [1.807, 2.05) is 38.2 Å². The van der Waals surface area contributed by atoms with Crippen molar-refractivity contribution >= 4 is 18.3 Å². The zero-order valence-corrected chi connectivity index (χ0v) is 14.5. The summed E-state index contributed by atoms with van der Waals surface area (Å²) >= 11 is 0. The molecule has 1 rings (SSSR count). The van der Waals surface area contributed by atoms with Crippen molar-refractivity contribution < 1.29 is 9.53 Å². The molecule has 0 fully saturated rings. The van der Waals surface area contributed by atoms with Crippen LogP contribution in [-0.2, 0) is 4.79 Å². The number of carbonyl (C=O) groups is 1. The van der Waals surface area contributed by atoms with Crippen LogP contribution >= 0.6 is 12.4 Å². The topological polar surface area (TPSA) is 55.6 Å². The van der Waals surface area contributed by atoms with Gasteiger partial charge in [-0.05, 0) is 37.9 Å². The highest BCUT2D eigenvalue weighted by atomic mass is 35.5. The third-order valence-electron chi connectivity index (χ3n) is 3.55. The lowest BCUT2D eigenvalue weighted by Gasteiger charge is -2.18. The molecule has 4 nitrogen and oxygen atoms in total. The molecule has 126 valence electrons. The van der Waals surface area contributed by atoms with Gasteiger partial charge in [-0.15, -0.1) is 12.4 Å². The van der Waals surface area contributed by atoms with Crippen molar-refractivity contribution in [1.29, 1.82) is 0 Å². The second-order valence-corrected chi connectivity index (χ2v) is 5.38. The number of para-hydroxylation sites is 1. The van der Waals surface area contributed by atoms with Gasteiger partial charge in [-0.25, -0.2) is 0 Å². The van der Waals surface area contributed by atoms with Gasteiger partial charge >= 0.3 is 0 Å². The Labute approximate surface area is 140 Å².